The van der Waals surface area contributed by atoms with E-state index in [0.717, 1.165) is 38.2 Å². The molecule has 2 aromatic rings. The molecule has 1 saturated heterocycles. The molecule has 1 unspecified atom stereocenters. The minimum atomic E-state index is -0.179. The maximum atomic E-state index is 9.63. The molecule has 3 rings (SSSR count). The van der Waals surface area contributed by atoms with Crippen LogP contribution in [0.25, 0.3) is 0 Å². The molecule has 1 aliphatic heterocycles. The van der Waals surface area contributed by atoms with Gasteiger partial charge in [-0.15, -0.1) is 0 Å². The average Bonchev–Trinajstić information content (AvgIpc) is 2.61. The second-order valence-electron chi connectivity index (χ2n) is 5.84. The molecule has 1 atom stereocenters. The predicted octanol–water partition coefficient (Wildman–Crippen LogP) is 2.40. The Hall–Kier alpha value is -2.21. The Morgan fingerprint density at radius 3 is 2.65 bits per heavy atom. The number of rotatable bonds is 5. The lowest BCUT2D eigenvalue weighted by molar-refractivity contribution is 0.145. The topological polar surface area (TPSA) is 74.2 Å². The lowest BCUT2D eigenvalue weighted by atomic mass is 10.1. The molecule has 6 nitrogen and oxygen atoms in total. The molecule has 0 amide bonds. The third-order valence-corrected chi connectivity index (χ3v) is 4.25. The normalized spacial score (nSPS) is 17.0. The molecule has 0 aliphatic carbocycles. The summed E-state index contributed by atoms with van der Waals surface area (Å²) in [6.07, 6.45) is 7.74. The largest absolute Gasteiger partial charge is 0.393 e. The van der Waals surface area contributed by atoms with Crippen LogP contribution < -0.4 is 10.2 Å². The van der Waals surface area contributed by atoms with Crippen molar-refractivity contribution >= 4 is 11.8 Å². The zero-order chi connectivity index (χ0) is 16.1. The highest BCUT2D eigenvalue weighted by molar-refractivity contribution is 5.44. The van der Waals surface area contributed by atoms with E-state index >= 15 is 0 Å². The molecule has 23 heavy (non-hydrogen) atoms. The number of anilines is 2. The summed E-state index contributed by atoms with van der Waals surface area (Å²) in [5.74, 6) is 1.55. The summed E-state index contributed by atoms with van der Waals surface area (Å²) in [6, 6.07) is 6.11. The molecule has 122 valence electrons. The summed E-state index contributed by atoms with van der Waals surface area (Å²) in [6.45, 7) is 3.80. The second-order valence-corrected chi connectivity index (χ2v) is 5.84. The smallest absolute Gasteiger partial charge is 0.225 e. The molecular weight excluding hydrogens is 290 g/mol. The molecule has 6 heteroatoms. The lowest BCUT2D eigenvalue weighted by Crippen LogP contribution is -2.36. The second kappa shape index (κ2) is 7.37. The number of nitrogens with zero attached hydrogens (tertiary/aromatic N) is 4. The number of aliphatic hydroxyl groups is 1. The molecule has 0 saturated carbocycles. The molecule has 1 fully saturated rings. The first-order chi connectivity index (χ1) is 11.3. The quantitative estimate of drug-likeness (QED) is 0.883. The Labute approximate surface area is 136 Å². The highest BCUT2D eigenvalue weighted by atomic mass is 16.3. The molecule has 1 aliphatic rings. The number of nitrogens with one attached hydrogen (secondary N) is 1. The van der Waals surface area contributed by atoms with Crippen LogP contribution in [0.5, 0.6) is 0 Å². The van der Waals surface area contributed by atoms with Gasteiger partial charge in [0.05, 0.1) is 12.1 Å². The van der Waals surface area contributed by atoms with Crippen LogP contribution in [-0.4, -0.2) is 39.3 Å². The first kappa shape index (κ1) is 15.7. The zero-order valence-corrected chi connectivity index (χ0v) is 13.4. The minimum absolute atomic E-state index is 0.163. The van der Waals surface area contributed by atoms with Gasteiger partial charge in [-0.2, -0.15) is 4.98 Å². The fourth-order valence-corrected chi connectivity index (χ4v) is 2.86. The number of pyridine rings is 1. The van der Waals surface area contributed by atoms with Crippen LogP contribution in [0.15, 0.2) is 36.8 Å². The van der Waals surface area contributed by atoms with Gasteiger partial charge in [-0.3, -0.25) is 4.98 Å². The maximum Gasteiger partial charge on any atom is 0.225 e. The van der Waals surface area contributed by atoms with Crippen LogP contribution in [0.3, 0.4) is 0 Å². The van der Waals surface area contributed by atoms with E-state index in [1.54, 1.807) is 18.6 Å². The van der Waals surface area contributed by atoms with Crippen molar-refractivity contribution in [2.75, 3.05) is 23.3 Å². The molecule has 0 spiro atoms. The Morgan fingerprint density at radius 2 is 1.96 bits per heavy atom. The van der Waals surface area contributed by atoms with Crippen LogP contribution in [0.4, 0.5) is 11.8 Å². The monoisotopic (exact) mass is 313 g/mol. The van der Waals surface area contributed by atoms with Crippen molar-refractivity contribution in [2.24, 2.45) is 0 Å². The van der Waals surface area contributed by atoms with E-state index in [4.69, 9.17) is 0 Å². The summed E-state index contributed by atoms with van der Waals surface area (Å²) < 4.78 is 0. The molecule has 0 aromatic carbocycles. The number of aromatic nitrogens is 3. The van der Waals surface area contributed by atoms with Crippen molar-refractivity contribution in [1.82, 2.24) is 15.0 Å². The van der Waals surface area contributed by atoms with Gasteiger partial charge in [-0.05, 0) is 43.0 Å². The van der Waals surface area contributed by atoms with Gasteiger partial charge in [0.1, 0.15) is 5.82 Å². The highest BCUT2D eigenvalue weighted by Crippen LogP contribution is 2.22. The van der Waals surface area contributed by atoms with Crippen molar-refractivity contribution in [3.8, 4) is 0 Å². The van der Waals surface area contributed by atoms with E-state index in [9.17, 15) is 5.11 Å². The Bertz CT molecular complexity index is 613. The third-order valence-electron chi connectivity index (χ3n) is 4.25. The molecule has 2 N–H and O–H groups in total. The van der Waals surface area contributed by atoms with Gasteiger partial charge in [0.15, 0.2) is 0 Å². The fraction of sp³-hybridized carbons (Fsp3) is 0.471. The van der Waals surface area contributed by atoms with Crippen LogP contribution in [0.2, 0.25) is 0 Å². The van der Waals surface area contributed by atoms with Crippen molar-refractivity contribution in [1.29, 1.82) is 0 Å². The van der Waals surface area contributed by atoms with Crippen LogP contribution in [0.1, 0.15) is 37.8 Å². The Morgan fingerprint density at radius 1 is 1.22 bits per heavy atom. The van der Waals surface area contributed by atoms with Gasteiger partial charge < -0.3 is 15.3 Å². The van der Waals surface area contributed by atoms with Gasteiger partial charge in [0.25, 0.3) is 0 Å². The number of hydrogen-bond donors (Lipinski definition) is 2. The van der Waals surface area contributed by atoms with E-state index in [1.807, 2.05) is 18.2 Å². The highest BCUT2D eigenvalue weighted by Gasteiger charge is 2.19. The van der Waals surface area contributed by atoms with Gasteiger partial charge >= 0.3 is 0 Å². The molecular formula is C17H23N5O. The summed E-state index contributed by atoms with van der Waals surface area (Å²) in [7, 11) is 0. The molecule has 3 heterocycles. The molecule has 2 aromatic heterocycles. The van der Waals surface area contributed by atoms with Crippen molar-refractivity contribution < 1.29 is 5.11 Å². The predicted molar refractivity (Wildman–Crippen MR) is 90.4 cm³/mol. The molecule has 0 bridgehead atoms. The summed E-state index contributed by atoms with van der Waals surface area (Å²) in [4.78, 5) is 15.3. The first-order valence-electron chi connectivity index (χ1n) is 8.18. The van der Waals surface area contributed by atoms with E-state index in [-0.39, 0.29) is 12.1 Å². The zero-order valence-electron chi connectivity index (χ0n) is 13.4. The van der Waals surface area contributed by atoms with E-state index in [0.29, 0.717) is 5.95 Å². The van der Waals surface area contributed by atoms with Gasteiger partial charge in [0, 0.05) is 31.7 Å². The van der Waals surface area contributed by atoms with E-state index in [1.165, 1.54) is 5.56 Å². The first-order valence-corrected chi connectivity index (χ1v) is 8.18. The number of piperidine rings is 1. The summed E-state index contributed by atoms with van der Waals surface area (Å²) in [5, 5.41) is 13.0. The van der Waals surface area contributed by atoms with Crippen molar-refractivity contribution in [3.05, 3.63) is 42.4 Å². The minimum Gasteiger partial charge on any atom is -0.393 e. The fourth-order valence-electron chi connectivity index (χ4n) is 2.86. The van der Waals surface area contributed by atoms with Crippen LogP contribution in [-0.2, 0) is 0 Å². The summed E-state index contributed by atoms with van der Waals surface area (Å²) in [5.41, 5.74) is 1.18. The van der Waals surface area contributed by atoms with Crippen molar-refractivity contribution in [3.63, 3.8) is 0 Å². The van der Waals surface area contributed by atoms with Gasteiger partial charge in [0.2, 0.25) is 5.95 Å². The SMILES string of the molecule is CCC(Nc1nccc(N2CCC(O)CC2)n1)c1ccncc1. The van der Waals surface area contributed by atoms with Gasteiger partial charge in [-0.25, -0.2) is 4.98 Å². The van der Waals surface area contributed by atoms with E-state index < -0.39 is 0 Å². The molecule has 0 radical (unpaired) electrons. The van der Waals surface area contributed by atoms with Gasteiger partial charge in [-0.1, -0.05) is 6.92 Å². The standard InChI is InChI=1S/C17H23N5O/c1-2-15(13-3-8-18-9-4-13)20-17-19-10-5-16(21-17)22-11-6-14(23)7-12-22/h3-5,8-10,14-15,23H,2,6-7,11-12H2,1H3,(H,19,20,21). The van der Waals surface area contributed by atoms with Crippen LogP contribution in [0, 0.1) is 0 Å². The Balaban J connectivity index is 1.72. The number of aliphatic hydroxyl groups excluding tert-OH is 1. The maximum absolute atomic E-state index is 9.63. The van der Waals surface area contributed by atoms with E-state index in [2.05, 4.69) is 32.1 Å². The van der Waals surface area contributed by atoms with Crippen molar-refractivity contribution in [2.45, 2.75) is 38.3 Å². The third kappa shape index (κ3) is 3.96. The lowest BCUT2D eigenvalue weighted by Gasteiger charge is -2.30. The summed E-state index contributed by atoms with van der Waals surface area (Å²) >= 11 is 0. The number of hydrogen-bond acceptors (Lipinski definition) is 6. The average molecular weight is 313 g/mol. The Kier molecular flexibility index (Phi) is 5.02. The van der Waals surface area contributed by atoms with Crippen LogP contribution >= 0.6 is 0 Å².